The molecule has 36 heavy (non-hydrogen) atoms. The molecule has 1 heterocycles. The highest BCUT2D eigenvalue weighted by molar-refractivity contribution is 5.96. The second kappa shape index (κ2) is 10.9. The maximum atomic E-state index is 14.8. The van der Waals surface area contributed by atoms with Crippen molar-refractivity contribution in [2.75, 3.05) is 31.6 Å². The van der Waals surface area contributed by atoms with Gasteiger partial charge in [-0.3, -0.25) is 14.5 Å². The van der Waals surface area contributed by atoms with E-state index in [-0.39, 0.29) is 12.5 Å². The molecule has 2 N–H and O–H groups in total. The lowest BCUT2D eigenvalue weighted by molar-refractivity contribution is -0.117. The first kappa shape index (κ1) is 26.0. The van der Waals surface area contributed by atoms with E-state index < -0.39 is 40.2 Å². The number of nitrogens with zero attached hydrogens (tertiary/aromatic N) is 1. The molecule has 0 aromatic heterocycles. The maximum absolute atomic E-state index is 14.8. The summed E-state index contributed by atoms with van der Waals surface area (Å²) >= 11 is 0. The molecule has 2 amide bonds. The van der Waals surface area contributed by atoms with Gasteiger partial charge in [0.2, 0.25) is 11.7 Å². The number of carbonyl (C=O) groups is 2. The molecule has 1 saturated heterocycles. The average Bonchev–Trinajstić information content (AvgIpc) is 2.83. The minimum atomic E-state index is -1.46. The molecule has 0 spiro atoms. The van der Waals surface area contributed by atoms with Gasteiger partial charge < -0.3 is 15.4 Å². The molecule has 0 bridgehead atoms. The number of piperidine rings is 1. The molecule has 2 fully saturated rings. The molecule has 2 aromatic rings. The van der Waals surface area contributed by atoms with Gasteiger partial charge in [-0.25, -0.2) is 8.78 Å². The summed E-state index contributed by atoms with van der Waals surface area (Å²) in [6, 6.07) is 7.71. The highest BCUT2D eigenvalue weighted by Crippen LogP contribution is 2.42. The fourth-order valence-corrected chi connectivity index (χ4v) is 4.81. The third kappa shape index (κ3) is 5.51. The van der Waals surface area contributed by atoms with Gasteiger partial charge in [0.25, 0.3) is 5.91 Å². The summed E-state index contributed by atoms with van der Waals surface area (Å²) in [5.74, 6) is -5.18. The summed E-state index contributed by atoms with van der Waals surface area (Å²) in [4.78, 5) is 27.5. The molecule has 2 aliphatic rings. The lowest BCUT2D eigenvalue weighted by atomic mass is 9.71. The first-order valence-corrected chi connectivity index (χ1v) is 12.5. The van der Waals surface area contributed by atoms with Gasteiger partial charge in [0, 0.05) is 5.69 Å². The molecule has 0 atom stereocenters. The van der Waals surface area contributed by atoms with Gasteiger partial charge in [-0.05, 0) is 81.8 Å². The predicted octanol–water partition coefficient (Wildman–Crippen LogP) is 4.98. The third-order valence-electron chi connectivity index (χ3n) is 7.17. The molecule has 1 saturated carbocycles. The highest BCUT2D eigenvalue weighted by Gasteiger charge is 2.41. The number of halogens is 3. The van der Waals surface area contributed by atoms with E-state index in [1.165, 1.54) is 6.92 Å². The van der Waals surface area contributed by atoms with Crippen molar-refractivity contribution in [1.29, 1.82) is 0 Å². The predicted molar refractivity (Wildman–Crippen MR) is 130 cm³/mol. The van der Waals surface area contributed by atoms with E-state index in [0.717, 1.165) is 37.9 Å². The van der Waals surface area contributed by atoms with Gasteiger partial charge in [-0.2, -0.15) is 4.39 Å². The smallest absolute Gasteiger partial charge is 0.255 e. The van der Waals surface area contributed by atoms with Crippen molar-refractivity contribution in [2.24, 2.45) is 5.92 Å². The number of likely N-dealkylation sites (tertiary alicyclic amines) is 1. The lowest BCUT2D eigenvalue weighted by Gasteiger charge is -2.43. The van der Waals surface area contributed by atoms with E-state index in [4.69, 9.17) is 4.74 Å². The van der Waals surface area contributed by atoms with Crippen LogP contribution in [0.3, 0.4) is 0 Å². The SMILES string of the molecule is CCOc1c(F)c(F)cc(C(=O)NC2(c3ccc(NC(=O)CN4CCC(C)CC4)cc3)CCC2)c1F. The van der Waals surface area contributed by atoms with Gasteiger partial charge in [0.1, 0.15) is 0 Å². The van der Waals surface area contributed by atoms with Crippen molar-refractivity contribution >= 4 is 17.5 Å². The number of hydrogen-bond acceptors (Lipinski definition) is 4. The summed E-state index contributed by atoms with van der Waals surface area (Å²) < 4.78 is 47.6. The van der Waals surface area contributed by atoms with Crippen LogP contribution in [0.15, 0.2) is 30.3 Å². The Hall–Kier alpha value is -3.07. The number of rotatable bonds is 8. The normalized spacial score (nSPS) is 17.8. The quantitative estimate of drug-likeness (QED) is 0.499. The number of anilines is 1. The molecule has 194 valence electrons. The van der Waals surface area contributed by atoms with Crippen LogP contribution in [0.1, 0.15) is 61.9 Å². The van der Waals surface area contributed by atoms with Crippen LogP contribution in [0.5, 0.6) is 5.75 Å². The summed E-state index contributed by atoms with van der Waals surface area (Å²) in [6.45, 7) is 5.83. The Morgan fingerprint density at radius 2 is 1.75 bits per heavy atom. The molecule has 4 rings (SSSR count). The van der Waals surface area contributed by atoms with Crippen molar-refractivity contribution in [1.82, 2.24) is 10.2 Å². The summed E-state index contributed by atoms with van der Waals surface area (Å²) in [5.41, 5.74) is 0.0633. The van der Waals surface area contributed by atoms with E-state index in [0.29, 0.717) is 37.1 Å². The van der Waals surface area contributed by atoms with E-state index in [1.54, 1.807) is 12.1 Å². The van der Waals surface area contributed by atoms with Crippen molar-refractivity contribution in [2.45, 2.75) is 51.5 Å². The lowest BCUT2D eigenvalue weighted by Crippen LogP contribution is -2.51. The van der Waals surface area contributed by atoms with E-state index in [2.05, 4.69) is 22.5 Å². The summed E-state index contributed by atoms with van der Waals surface area (Å²) in [5, 5.41) is 5.73. The number of amides is 2. The van der Waals surface area contributed by atoms with Crippen LogP contribution in [0.4, 0.5) is 18.9 Å². The van der Waals surface area contributed by atoms with Gasteiger partial charge >= 0.3 is 0 Å². The van der Waals surface area contributed by atoms with Gasteiger partial charge in [-0.1, -0.05) is 19.1 Å². The zero-order chi connectivity index (χ0) is 25.9. The molecule has 9 heteroatoms. The monoisotopic (exact) mass is 503 g/mol. The van der Waals surface area contributed by atoms with Crippen molar-refractivity contribution in [3.8, 4) is 5.75 Å². The molecule has 1 aliphatic heterocycles. The molecular formula is C27H32F3N3O3. The Kier molecular flexibility index (Phi) is 7.88. The molecule has 6 nitrogen and oxygen atoms in total. The summed E-state index contributed by atoms with van der Waals surface area (Å²) in [6.07, 6.45) is 4.26. The van der Waals surface area contributed by atoms with E-state index in [9.17, 15) is 22.8 Å². The number of benzene rings is 2. The van der Waals surface area contributed by atoms with Crippen molar-refractivity contribution < 1.29 is 27.5 Å². The van der Waals surface area contributed by atoms with Crippen LogP contribution in [0.2, 0.25) is 0 Å². The van der Waals surface area contributed by atoms with Crippen LogP contribution < -0.4 is 15.4 Å². The largest absolute Gasteiger partial charge is 0.488 e. The zero-order valence-corrected chi connectivity index (χ0v) is 20.6. The molecule has 0 radical (unpaired) electrons. The van der Waals surface area contributed by atoms with Crippen LogP contribution in [0, 0.1) is 23.4 Å². The molecular weight excluding hydrogens is 471 g/mol. The van der Waals surface area contributed by atoms with Gasteiger partial charge in [-0.15, -0.1) is 0 Å². The first-order valence-electron chi connectivity index (χ1n) is 12.5. The Bertz CT molecular complexity index is 1110. The Morgan fingerprint density at radius 3 is 2.33 bits per heavy atom. The standard InChI is InChI=1S/C27H32F3N3O3/c1-3-36-25-23(29)20(15-21(28)24(25)30)26(35)32-27(11-4-12-27)18-5-7-19(8-6-18)31-22(34)16-33-13-9-17(2)10-14-33/h5-8,15,17H,3-4,9-14,16H2,1-2H3,(H,31,34)(H,32,35). The van der Waals surface area contributed by atoms with E-state index in [1.807, 2.05) is 12.1 Å². The Morgan fingerprint density at radius 1 is 1.08 bits per heavy atom. The van der Waals surface area contributed by atoms with Gasteiger partial charge in [0.05, 0.1) is 24.3 Å². The number of hydrogen-bond donors (Lipinski definition) is 2. The second-order valence-electron chi connectivity index (χ2n) is 9.77. The van der Waals surface area contributed by atoms with Crippen LogP contribution >= 0.6 is 0 Å². The fourth-order valence-electron chi connectivity index (χ4n) is 4.81. The van der Waals surface area contributed by atoms with Crippen LogP contribution in [-0.4, -0.2) is 43.0 Å². The first-order chi connectivity index (χ1) is 17.2. The van der Waals surface area contributed by atoms with Gasteiger partial charge in [0.15, 0.2) is 17.4 Å². The van der Waals surface area contributed by atoms with Crippen LogP contribution in [0.25, 0.3) is 0 Å². The number of nitrogens with one attached hydrogen (secondary N) is 2. The minimum absolute atomic E-state index is 0.0807. The average molecular weight is 504 g/mol. The Balaban J connectivity index is 1.43. The third-order valence-corrected chi connectivity index (χ3v) is 7.17. The molecule has 2 aromatic carbocycles. The summed E-state index contributed by atoms with van der Waals surface area (Å²) in [7, 11) is 0. The second-order valence-corrected chi connectivity index (χ2v) is 9.77. The molecule has 0 unspecified atom stereocenters. The minimum Gasteiger partial charge on any atom is -0.488 e. The van der Waals surface area contributed by atoms with Crippen LogP contribution in [-0.2, 0) is 10.3 Å². The fraction of sp³-hybridized carbons (Fsp3) is 0.481. The Labute approximate surface area is 209 Å². The van der Waals surface area contributed by atoms with Crippen molar-refractivity contribution in [3.63, 3.8) is 0 Å². The highest BCUT2D eigenvalue weighted by atomic mass is 19.2. The zero-order valence-electron chi connectivity index (χ0n) is 20.6. The van der Waals surface area contributed by atoms with Crippen molar-refractivity contribution in [3.05, 3.63) is 58.9 Å². The topological polar surface area (TPSA) is 70.7 Å². The maximum Gasteiger partial charge on any atom is 0.255 e. The van der Waals surface area contributed by atoms with E-state index >= 15 is 0 Å². The molecule has 1 aliphatic carbocycles. The number of ether oxygens (including phenoxy) is 1. The number of carbonyl (C=O) groups excluding carboxylic acids is 2.